The van der Waals surface area contributed by atoms with Crippen LogP contribution in [0.25, 0.3) is 5.32 Å². The van der Waals surface area contributed by atoms with Crippen molar-refractivity contribution in [1.82, 2.24) is 15.1 Å². The van der Waals surface area contributed by atoms with E-state index in [1.165, 1.54) is 27.5 Å². The van der Waals surface area contributed by atoms with Crippen LogP contribution < -0.4 is 38.0 Å². The fraction of sp³-hybridized carbons (Fsp3) is 0.250. The molecule has 0 amide bonds. The summed E-state index contributed by atoms with van der Waals surface area (Å²) >= 11 is 0. The van der Waals surface area contributed by atoms with Crippen molar-refractivity contribution >= 4 is 28.0 Å². The van der Waals surface area contributed by atoms with Gasteiger partial charge >= 0.3 is 0 Å². The maximum atomic E-state index is 8.25. The van der Waals surface area contributed by atoms with Gasteiger partial charge in [-0.2, -0.15) is 34.1 Å². The molecule has 0 saturated carbocycles. The maximum absolute atomic E-state index is 8.25. The fourth-order valence-corrected chi connectivity index (χ4v) is 5.69. The molecule has 3 N–H and O–H groups in total. The van der Waals surface area contributed by atoms with Crippen LogP contribution in [0.4, 0.5) is 0 Å². The van der Waals surface area contributed by atoms with Gasteiger partial charge in [0, 0.05) is 45.8 Å². The standard InChI is InChI=1S/C24H20B.C11H22N5.CH3O.O.Re/c1-5-13-21(14-6-1)25(22-15-7-2-8-16-22,23-17-9-3-10-18-23)24-19-11-4-12-20-24;1-10-9-11(2)16(15-10)8-7-14-6-5-13-4-3-12;1-2;;/h1-20H;9,13H,3-8,12H2,1-2H3;1H3;;/q3*-1;-2;. The Hall–Kier alpha value is -3.38. The number of rotatable bonds is 12. The van der Waals surface area contributed by atoms with Crippen molar-refractivity contribution in [2.24, 2.45) is 5.73 Å². The first-order valence-electron chi connectivity index (χ1n) is 15.0. The third-order valence-corrected chi connectivity index (χ3v) is 7.54. The fourth-order valence-electron chi connectivity index (χ4n) is 5.69. The topological polar surface area (TPSA) is 122 Å². The molecule has 0 saturated heterocycles. The van der Waals surface area contributed by atoms with Gasteiger partial charge in [-0.1, -0.05) is 121 Å². The van der Waals surface area contributed by atoms with Gasteiger partial charge in [0.2, 0.25) is 0 Å². The van der Waals surface area contributed by atoms with Crippen molar-refractivity contribution in [3.05, 3.63) is 144 Å². The second-order valence-electron chi connectivity index (χ2n) is 10.4. The first-order valence-corrected chi connectivity index (χ1v) is 15.0. The molecule has 0 aliphatic rings. The molecule has 5 rings (SSSR count). The van der Waals surface area contributed by atoms with Gasteiger partial charge in [-0.3, -0.25) is 4.68 Å². The van der Waals surface area contributed by atoms with Crippen LogP contribution in [0.3, 0.4) is 0 Å². The van der Waals surface area contributed by atoms with Gasteiger partial charge in [0.1, 0.15) is 6.15 Å². The van der Waals surface area contributed by atoms with E-state index in [0.29, 0.717) is 6.54 Å². The predicted octanol–water partition coefficient (Wildman–Crippen LogP) is 2.34. The van der Waals surface area contributed by atoms with E-state index in [1.54, 1.807) is 0 Å². The normalized spacial score (nSPS) is 10.2. The van der Waals surface area contributed by atoms with E-state index in [0.717, 1.165) is 45.5 Å². The summed E-state index contributed by atoms with van der Waals surface area (Å²) in [6, 6.07) is 45.6. The number of nitrogens with two attached hydrogens (primary N) is 1. The minimum Gasteiger partial charge on any atom is -2.00 e. The van der Waals surface area contributed by atoms with Crippen molar-refractivity contribution < 1.29 is 31.0 Å². The summed E-state index contributed by atoms with van der Waals surface area (Å²) < 4.78 is 2.01. The molecule has 1 radical (unpaired) electrons. The van der Waals surface area contributed by atoms with Gasteiger partial charge in [-0.25, -0.2) is 0 Å². The summed E-state index contributed by atoms with van der Waals surface area (Å²) in [7, 11) is 0.750. The zero-order chi connectivity index (χ0) is 30.8. The minimum atomic E-state index is -1.22. The molecule has 0 atom stereocenters. The summed E-state index contributed by atoms with van der Waals surface area (Å²) in [5, 5.41) is 20.3. The number of aromatic nitrogens is 2. The van der Waals surface area contributed by atoms with Crippen molar-refractivity contribution in [3.63, 3.8) is 0 Å². The average Bonchev–Trinajstić information content (AvgIpc) is 3.40. The van der Waals surface area contributed by atoms with Crippen LogP contribution in [0.1, 0.15) is 11.4 Å². The molecule has 1 aromatic heterocycles. The van der Waals surface area contributed by atoms with Crippen LogP contribution in [-0.2, 0) is 32.4 Å². The van der Waals surface area contributed by atoms with Gasteiger partial charge in [0.15, 0.2) is 0 Å². The number of hydrogen-bond acceptors (Lipinski definition) is 4. The van der Waals surface area contributed by atoms with Crippen LogP contribution in [0.2, 0.25) is 0 Å². The van der Waals surface area contributed by atoms with Crippen LogP contribution in [0.5, 0.6) is 0 Å². The number of hydrogen-bond donors (Lipinski definition) is 2. The molecule has 7 nitrogen and oxygen atoms in total. The molecule has 4 aromatic carbocycles. The maximum Gasteiger partial charge on any atom is 0.108 e. The molecule has 45 heavy (non-hydrogen) atoms. The summed E-state index contributed by atoms with van der Waals surface area (Å²) in [4.78, 5) is 0. The molecule has 241 valence electrons. The number of nitrogens with one attached hydrogen (secondary N) is 1. The molecule has 0 aliphatic heterocycles. The predicted molar refractivity (Wildman–Crippen MR) is 183 cm³/mol. The Labute approximate surface area is 283 Å². The second-order valence-corrected chi connectivity index (χ2v) is 10.4. The molecule has 9 heteroatoms. The van der Waals surface area contributed by atoms with Crippen LogP contribution >= 0.6 is 0 Å². The Kier molecular flexibility index (Phi) is 19.5. The first-order chi connectivity index (χ1) is 21.2. The summed E-state index contributed by atoms with van der Waals surface area (Å²) in [5.74, 6) is 0. The molecule has 5 aromatic rings. The molecular weight excluding hydrogens is 731 g/mol. The largest absolute Gasteiger partial charge is 2.00 e. The SMILES string of the molecule is C[O-].Cc1cc(C)n(CC[N-]CCNCCN)n1.[O-2].[Re].c1ccc([B-](c2ccccc2)(c2ccccc2)c2ccccc2)cc1. The van der Waals surface area contributed by atoms with E-state index >= 15 is 0 Å². The van der Waals surface area contributed by atoms with Crippen LogP contribution in [0, 0.1) is 13.8 Å². The molecule has 0 spiro atoms. The summed E-state index contributed by atoms with van der Waals surface area (Å²) in [5.41, 5.74) is 13.0. The first kappa shape index (κ1) is 39.6. The molecule has 0 fully saturated rings. The van der Waals surface area contributed by atoms with Gasteiger partial charge < -0.3 is 26.9 Å². The zero-order valence-electron chi connectivity index (χ0n) is 26.6. The van der Waals surface area contributed by atoms with E-state index in [2.05, 4.69) is 150 Å². The third-order valence-electron chi connectivity index (χ3n) is 7.54. The zero-order valence-corrected chi connectivity index (χ0v) is 29.3. The van der Waals surface area contributed by atoms with Crippen molar-refractivity contribution in [2.75, 3.05) is 39.8 Å². The second kappa shape index (κ2) is 22.2. The van der Waals surface area contributed by atoms with Crippen LogP contribution in [0.15, 0.2) is 127 Å². The Balaban J connectivity index is 0.000000444. The van der Waals surface area contributed by atoms with Crippen LogP contribution in [-0.4, -0.2) is 55.8 Å². The third kappa shape index (κ3) is 11.2. The van der Waals surface area contributed by atoms with E-state index < -0.39 is 6.15 Å². The number of nitrogens with zero attached hydrogens (tertiary/aromatic N) is 3. The molecule has 1 heterocycles. The smallest absolute Gasteiger partial charge is 0.108 e. The van der Waals surface area contributed by atoms with E-state index in [9.17, 15) is 0 Å². The quantitative estimate of drug-likeness (QED) is 0.149. The Morgan fingerprint density at radius 2 is 1.09 bits per heavy atom. The number of aryl methyl sites for hydroxylation is 2. The molecular formula is C36H45BN5O2Re-5. The molecule has 0 bridgehead atoms. The van der Waals surface area contributed by atoms with Gasteiger partial charge in [-0.05, 0) is 26.5 Å². The monoisotopic (exact) mass is 777 g/mol. The summed E-state index contributed by atoms with van der Waals surface area (Å²) in [6.45, 7) is 9.09. The Morgan fingerprint density at radius 1 is 0.689 bits per heavy atom. The molecule has 0 unspecified atom stereocenters. The van der Waals surface area contributed by atoms with Gasteiger partial charge in [-0.15, -0.1) is 13.1 Å². The van der Waals surface area contributed by atoms with Crippen molar-refractivity contribution in [1.29, 1.82) is 0 Å². The van der Waals surface area contributed by atoms with Crippen molar-refractivity contribution in [3.8, 4) is 0 Å². The Bertz CT molecular complexity index is 1260. The van der Waals surface area contributed by atoms with Gasteiger partial charge in [0.05, 0.1) is 5.69 Å². The molecule has 0 aliphatic carbocycles. The minimum absolute atomic E-state index is 0. The van der Waals surface area contributed by atoms with E-state index in [1.807, 2.05) is 11.6 Å². The van der Waals surface area contributed by atoms with E-state index in [4.69, 9.17) is 10.8 Å². The van der Waals surface area contributed by atoms with Gasteiger partial charge in [0.25, 0.3) is 0 Å². The van der Waals surface area contributed by atoms with Crippen molar-refractivity contribution in [2.45, 2.75) is 20.4 Å². The van der Waals surface area contributed by atoms with E-state index in [-0.39, 0.29) is 25.9 Å². The number of benzene rings is 4. The summed E-state index contributed by atoms with van der Waals surface area (Å²) in [6.07, 6.45) is -1.22. The average molecular weight is 777 g/mol. The Morgan fingerprint density at radius 3 is 1.42 bits per heavy atom.